The average Bonchev–Trinajstić information content (AvgIpc) is 3.15. The highest BCUT2D eigenvalue weighted by Crippen LogP contribution is 2.32. The highest BCUT2D eigenvalue weighted by molar-refractivity contribution is 7.10. The molecule has 20 heavy (non-hydrogen) atoms. The van der Waals surface area contributed by atoms with Gasteiger partial charge in [-0.25, -0.2) is 0 Å². The quantitative estimate of drug-likeness (QED) is 0.848. The second kappa shape index (κ2) is 6.47. The molecular weight excluding hydrogens is 274 g/mol. The SMILES string of the molecule is CCOC(CC)(CC)c1noc(C(N)c2cccs2)n1. The zero-order valence-corrected chi connectivity index (χ0v) is 12.9. The molecule has 2 aromatic rings. The molecule has 2 rings (SSSR count). The van der Waals surface area contributed by atoms with Crippen LogP contribution in [-0.2, 0) is 10.3 Å². The molecule has 2 heterocycles. The summed E-state index contributed by atoms with van der Waals surface area (Å²) in [6.45, 7) is 6.71. The lowest BCUT2D eigenvalue weighted by Gasteiger charge is -2.27. The third kappa shape index (κ3) is 2.77. The summed E-state index contributed by atoms with van der Waals surface area (Å²) >= 11 is 1.58. The minimum atomic E-state index is -0.480. The Morgan fingerprint density at radius 3 is 2.70 bits per heavy atom. The summed E-state index contributed by atoms with van der Waals surface area (Å²) in [6, 6.07) is 3.55. The first-order valence-corrected chi connectivity index (χ1v) is 7.81. The summed E-state index contributed by atoms with van der Waals surface area (Å²) in [4.78, 5) is 5.49. The van der Waals surface area contributed by atoms with E-state index in [-0.39, 0.29) is 6.04 Å². The zero-order valence-electron chi connectivity index (χ0n) is 12.1. The van der Waals surface area contributed by atoms with Gasteiger partial charge in [-0.2, -0.15) is 4.98 Å². The standard InChI is InChI=1S/C14H21N3O2S/c1-4-14(5-2,18-6-3)13-16-12(19-17-13)11(15)10-8-7-9-20-10/h7-9,11H,4-6,15H2,1-3H3. The highest BCUT2D eigenvalue weighted by Gasteiger charge is 2.35. The van der Waals surface area contributed by atoms with Gasteiger partial charge in [-0.1, -0.05) is 25.1 Å². The molecule has 1 unspecified atom stereocenters. The Morgan fingerprint density at radius 2 is 2.15 bits per heavy atom. The fourth-order valence-corrected chi connectivity index (χ4v) is 2.97. The normalized spacial score (nSPS) is 13.6. The molecule has 110 valence electrons. The maximum atomic E-state index is 6.15. The van der Waals surface area contributed by atoms with Crippen LogP contribution in [0.3, 0.4) is 0 Å². The van der Waals surface area contributed by atoms with Crippen molar-refractivity contribution in [3.05, 3.63) is 34.1 Å². The van der Waals surface area contributed by atoms with Crippen LogP contribution in [0.15, 0.2) is 22.0 Å². The van der Waals surface area contributed by atoms with E-state index in [1.54, 1.807) is 11.3 Å². The largest absolute Gasteiger partial charge is 0.367 e. The van der Waals surface area contributed by atoms with Gasteiger partial charge in [-0.05, 0) is 31.2 Å². The van der Waals surface area contributed by atoms with Gasteiger partial charge in [0.25, 0.3) is 0 Å². The van der Waals surface area contributed by atoms with E-state index >= 15 is 0 Å². The second-order valence-corrected chi connectivity index (χ2v) is 5.56. The fraction of sp³-hybridized carbons (Fsp3) is 0.571. The number of aromatic nitrogens is 2. The Labute approximate surface area is 123 Å². The Balaban J connectivity index is 2.27. The lowest BCUT2D eigenvalue weighted by atomic mass is 9.96. The average molecular weight is 295 g/mol. The first-order valence-electron chi connectivity index (χ1n) is 6.93. The monoisotopic (exact) mass is 295 g/mol. The summed E-state index contributed by atoms with van der Waals surface area (Å²) in [5, 5.41) is 6.07. The lowest BCUT2D eigenvalue weighted by Crippen LogP contribution is -2.30. The van der Waals surface area contributed by atoms with Crippen LogP contribution in [0, 0.1) is 0 Å². The van der Waals surface area contributed by atoms with Gasteiger partial charge in [0, 0.05) is 11.5 Å². The van der Waals surface area contributed by atoms with Crippen molar-refractivity contribution < 1.29 is 9.26 Å². The van der Waals surface area contributed by atoms with E-state index < -0.39 is 5.60 Å². The Bertz CT molecular complexity index is 520. The number of hydrogen-bond donors (Lipinski definition) is 1. The number of ether oxygens (including phenoxy) is 1. The highest BCUT2D eigenvalue weighted by atomic mass is 32.1. The summed E-state index contributed by atoms with van der Waals surface area (Å²) in [7, 11) is 0. The van der Waals surface area contributed by atoms with E-state index in [0.29, 0.717) is 18.3 Å². The molecule has 5 nitrogen and oxygen atoms in total. The van der Waals surface area contributed by atoms with Crippen molar-refractivity contribution in [3.8, 4) is 0 Å². The van der Waals surface area contributed by atoms with Crippen molar-refractivity contribution in [2.75, 3.05) is 6.61 Å². The third-order valence-electron chi connectivity index (χ3n) is 3.53. The third-order valence-corrected chi connectivity index (χ3v) is 4.48. The van der Waals surface area contributed by atoms with Gasteiger partial charge in [0.05, 0.1) is 0 Å². The molecule has 2 N–H and O–H groups in total. The Hall–Kier alpha value is -1.24. The summed E-state index contributed by atoms with van der Waals surface area (Å²) < 4.78 is 11.2. The predicted octanol–water partition coefficient (Wildman–Crippen LogP) is 3.23. The summed E-state index contributed by atoms with van der Waals surface area (Å²) in [6.07, 6.45) is 1.59. The molecule has 0 aliphatic rings. The summed E-state index contributed by atoms with van der Waals surface area (Å²) in [5.41, 5.74) is 5.67. The first kappa shape index (κ1) is 15.2. The number of nitrogens with two attached hydrogens (primary N) is 1. The molecule has 0 aliphatic heterocycles. The molecule has 0 saturated heterocycles. The van der Waals surface area contributed by atoms with Crippen molar-refractivity contribution in [1.29, 1.82) is 0 Å². The lowest BCUT2D eigenvalue weighted by molar-refractivity contribution is -0.0583. The van der Waals surface area contributed by atoms with E-state index in [0.717, 1.165) is 17.7 Å². The van der Waals surface area contributed by atoms with E-state index in [1.807, 2.05) is 24.4 Å². The molecule has 0 saturated carbocycles. The minimum Gasteiger partial charge on any atom is -0.367 e. The van der Waals surface area contributed by atoms with Crippen LogP contribution in [0.25, 0.3) is 0 Å². The molecule has 0 radical (unpaired) electrons. The Morgan fingerprint density at radius 1 is 1.40 bits per heavy atom. The van der Waals surface area contributed by atoms with Crippen molar-refractivity contribution in [3.63, 3.8) is 0 Å². The first-order chi connectivity index (χ1) is 9.66. The Kier molecular flexibility index (Phi) is 4.91. The maximum Gasteiger partial charge on any atom is 0.249 e. The number of nitrogens with zero attached hydrogens (tertiary/aromatic N) is 2. The van der Waals surface area contributed by atoms with Crippen LogP contribution in [0.4, 0.5) is 0 Å². The van der Waals surface area contributed by atoms with Gasteiger partial charge in [0.2, 0.25) is 11.7 Å². The van der Waals surface area contributed by atoms with Crippen molar-refractivity contribution in [2.24, 2.45) is 5.73 Å². The van der Waals surface area contributed by atoms with E-state index in [2.05, 4.69) is 24.0 Å². The van der Waals surface area contributed by atoms with E-state index in [1.165, 1.54) is 0 Å². The predicted molar refractivity (Wildman–Crippen MR) is 78.5 cm³/mol. The van der Waals surface area contributed by atoms with Gasteiger partial charge in [0.15, 0.2) is 0 Å². The van der Waals surface area contributed by atoms with Gasteiger partial charge >= 0.3 is 0 Å². The van der Waals surface area contributed by atoms with Crippen LogP contribution in [0.5, 0.6) is 0 Å². The second-order valence-electron chi connectivity index (χ2n) is 4.58. The number of thiophene rings is 1. The molecule has 2 aromatic heterocycles. The molecule has 0 spiro atoms. The molecular formula is C14H21N3O2S. The van der Waals surface area contributed by atoms with E-state index in [4.69, 9.17) is 15.0 Å². The molecule has 1 atom stereocenters. The van der Waals surface area contributed by atoms with Crippen LogP contribution < -0.4 is 5.73 Å². The van der Waals surface area contributed by atoms with Crippen LogP contribution in [0.1, 0.15) is 56.2 Å². The summed E-state index contributed by atoms with van der Waals surface area (Å²) in [5.74, 6) is 1.03. The minimum absolute atomic E-state index is 0.371. The molecule has 0 bridgehead atoms. The van der Waals surface area contributed by atoms with Gasteiger partial charge < -0.3 is 15.0 Å². The molecule has 0 aliphatic carbocycles. The zero-order chi connectivity index (χ0) is 14.6. The van der Waals surface area contributed by atoms with Crippen molar-refractivity contribution in [1.82, 2.24) is 10.1 Å². The number of rotatable bonds is 7. The molecule has 0 aromatic carbocycles. The van der Waals surface area contributed by atoms with Crippen LogP contribution in [0.2, 0.25) is 0 Å². The van der Waals surface area contributed by atoms with Gasteiger partial charge in [-0.3, -0.25) is 0 Å². The fourth-order valence-electron chi connectivity index (χ4n) is 2.25. The van der Waals surface area contributed by atoms with Crippen LogP contribution >= 0.6 is 11.3 Å². The maximum absolute atomic E-state index is 6.15. The molecule has 0 fully saturated rings. The van der Waals surface area contributed by atoms with Gasteiger partial charge in [0.1, 0.15) is 11.6 Å². The van der Waals surface area contributed by atoms with Crippen LogP contribution in [-0.4, -0.2) is 16.7 Å². The van der Waals surface area contributed by atoms with Crippen molar-refractivity contribution in [2.45, 2.75) is 45.3 Å². The molecule has 0 amide bonds. The topological polar surface area (TPSA) is 74.2 Å². The number of hydrogen-bond acceptors (Lipinski definition) is 6. The van der Waals surface area contributed by atoms with Gasteiger partial charge in [-0.15, -0.1) is 11.3 Å². The smallest absolute Gasteiger partial charge is 0.249 e. The molecule has 6 heteroatoms. The van der Waals surface area contributed by atoms with Crippen molar-refractivity contribution >= 4 is 11.3 Å². The van der Waals surface area contributed by atoms with E-state index in [9.17, 15) is 0 Å².